The quantitative estimate of drug-likeness (QED) is 0.855. The van der Waals surface area contributed by atoms with E-state index < -0.39 is 0 Å². The molecule has 0 bridgehead atoms. The predicted molar refractivity (Wildman–Crippen MR) is 75.8 cm³/mol. The Labute approximate surface area is 109 Å². The average molecular weight is 249 g/mol. The summed E-state index contributed by atoms with van der Waals surface area (Å²) in [4.78, 5) is 10.9. The fraction of sp³-hybridized carbons (Fsp3) is 0.692. The first-order valence-electron chi connectivity index (χ1n) is 6.86. The molecule has 0 saturated carbocycles. The fourth-order valence-corrected chi connectivity index (χ4v) is 2.49. The van der Waals surface area contributed by atoms with Crippen molar-refractivity contribution in [3.63, 3.8) is 0 Å². The second-order valence-corrected chi connectivity index (χ2v) is 4.86. The number of nitrogens with two attached hydrogens (primary N) is 1. The number of nitrogens with zero attached hydrogens (tertiary/aromatic N) is 3. The van der Waals surface area contributed by atoms with Gasteiger partial charge in [-0.2, -0.15) is 9.97 Å². The molecule has 1 aliphatic heterocycles. The maximum absolute atomic E-state index is 5.77. The van der Waals surface area contributed by atoms with Gasteiger partial charge < -0.3 is 16.0 Å². The van der Waals surface area contributed by atoms with Crippen LogP contribution in [0.3, 0.4) is 0 Å². The molecule has 2 heterocycles. The summed E-state index contributed by atoms with van der Waals surface area (Å²) in [6.45, 7) is 7.29. The van der Waals surface area contributed by atoms with Crippen molar-refractivity contribution in [2.24, 2.45) is 5.92 Å². The fourth-order valence-electron chi connectivity index (χ4n) is 2.49. The molecule has 0 amide bonds. The normalized spacial score (nSPS) is 19.9. The van der Waals surface area contributed by atoms with Crippen molar-refractivity contribution in [2.75, 3.05) is 35.6 Å². The third kappa shape index (κ3) is 3.03. The van der Waals surface area contributed by atoms with Crippen LogP contribution in [0.4, 0.5) is 17.6 Å². The third-order valence-corrected chi connectivity index (χ3v) is 3.51. The molecule has 1 aliphatic rings. The average Bonchev–Trinajstić information content (AvgIpc) is 2.38. The number of piperidine rings is 1. The van der Waals surface area contributed by atoms with E-state index in [1.54, 1.807) is 0 Å². The summed E-state index contributed by atoms with van der Waals surface area (Å²) < 4.78 is 0. The van der Waals surface area contributed by atoms with Gasteiger partial charge in [-0.15, -0.1) is 0 Å². The summed E-state index contributed by atoms with van der Waals surface area (Å²) in [5, 5.41) is 3.20. The van der Waals surface area contributed by atoms with Crippen LogP contribution in [-0.2, 0) is 0 Å². The minimum atomic E-state index is 0.349. The molecule has 0 aromatic carbocycles. The van der Waals surface area contributed by atoms with E-state index >= 15 is 0 Å². The van der Waals surface area contributed by atoms with Crippen LogP contribution in [0.25, 0.3) is 0 Å². The van der Waals surface area contributed by atoms with Gasteiger partial charge in [0.2, 0.25) is 5.95 Å². The first-order valence-corrected chi connectivity index (χ1v) is 6.86. The van der Waals surface area contributed by atoms with E-state index in [2.05, 4.69) is 27.1 Å². The highest BCUT2D eigenvalue weighted by atomic mass is 15.2. The van der Waals surface area contributed by atoms with E-state index in [1.165, 1.54) is 19.3 Å². The van der Waals surface area contributed by atoms with Crippen molar-refractivity contribution in [2.45, 2.75) is 33.1 Å². The van der Waals surface area contributed by atoms with Gasteiger partial charge in [-0.05, 0) is 25.7 Å². The SMILES string of the molecule is CCNc1cc(N2CCCC(CC)C2)nc(N)n1. The molecule has 1 aromatic rings. The van der Waals surface area contributed by atoms with E-state index in [-0.39, 0.29) is 0 Å². The Morgan fingerprint density at radius 3 is 3.00 bits per heavy atom. The molecule has 3 N–H and O–H groups in total. The van der Waals surface area contributed by atoms with E-state index in [0.29, 0.717) is 5.95 Å². The Hall–Kier alpha value is -1.52. The summed E-state index contributed by atoms with van der Waals surface area (Å²) >= 11 is 0. The van der Waals surface area contributed by atoms with Crippen molar-refractivity contribution in [1.29, 1.82) is 0 Å². The zero-order valence-electron chi connectivity index (χ0n) is 11.3. The Bertz CT molecular complexity index is 393. The summed E-state index contributed by atoms with van der Waals surface area (Å²) in [5.41, 5.74) is 5.77. The second kappa shape index (κ2) is 5.89. The van der Waals surface area contributed by atoms with Gasteiger partial charge in [0.1, 0.15) is 11.6 Å². The zero-order chi connectivity index (χ0) is 13.0. The largest absolute Gasteiger partial charge is 0.370 e. The molecule has 18 heavy (non-hydrogen) atoms. The molecule has 0 aliphatic carbocycles. The third-order valence-electron chi connectivity index (χ3n) is 3.51. The maximum atomic E-state index is 5.77. The molecule has 0 spiro atoms. The van der Waals surface area contributed by atoms with Crippen LogP contribution in [0, 0.1) is 5.92 Å². The smallest absolute Gasteiger partial charge is 0.223 e. The highest BCUT2D eigenvalue weighted by molar-refractivity contribution is 5.52. The van der Waals surface area contributed by atoms with Gasteiger partial charge in [0.25, 0.3) is 0 Å². The standard InChI is InChI=1S/C13H23N5/c1-3-10-6-5-7-18(9-10)12-8-11(15-4-2)16-13(14)17-12/h8,10H,3-7,9H2,1-2H3,(H3,14,15,16,17). The molecule has 5 heteroatoms. The lowest BCUT2D eigenvalue weighted by molar-refractivity contribution is 0.403. The van der Waals surface area contributed by atoms with Crippen molar-refractivity contribution in [1.82, 2.24) is 9.97 Å². The van der Waals surface area contributed by atoms with E-state index in [9.17, 15) is 0 Å². The van der Waals surface area contributed by atoms with Crippen molar-refractivity contribution >= 4 is 17.6 Å². The highest BCUT2D eigenvalue weighted by Gasteiger charge is 2.20. The number of nitrogen functional groups attached to an aromatic ring is 1. The number of aromatic nitrogens is 2. The molecule has 0 radical (unpaired) electrons. The number of anilines is 3. The zero-order valence-corrected chi connectivity index (χ0v) is 11.3. The van der Waals surface area contributed by atoms with Crippen molar-refractivity contribution in [3.8, 4) is 0 Å². The van der Waals surface area contributed by atoms with Crippen molar-refractivity contribution < 1.29 is 0 Å². The lowest BCUT2D eigenvalue weighted by atomic mass is 9.96. The van der Waals surface area contributed by atoms with Crippen LogP contribution in [0.5, 0.6) is 0 Å². The van der Waals surface area contributed by atoms with Gasteiger partial charge in [-0.25, -0.2) is 0 Å². The summed E-state index contributed by atoms with van der Waals surface area (Å²) in [5.74, 6) is 2.90. The summed E-state index contributed by atoms with van der Waals surface area (Å²) in [7, 11) is 0. The number of hydrogen-bond acceptors (Lipinski definition) is 5. The minimum absolute atomic E-state index is 0.349. The molecule has 1 unspecified atom stereocenters. The molecule has 1 aromatic heterocycles. The van der Waals surface area contributed by atoms with Gasteiger partial charge in [0, 0.05) is 25.7 Å². The van der Waals surface area contributed by atoms with Crippen LogP contribution in [-0.4, -0.2) is 29.6 Å². The molecular weight excluding hydrogens is 226 g/mol. The maximum Gasteiger partial charge on any atom is 0.223 e. The first-order chi connectivity index (χ1) is 8.72. The van der Waals surface area contributed by atoms with Gasteiger partial charge in [0.05, 0.1) is 0 Å². The minimum Gasteiger partial charge on any atom is -0.370 e. The van der Waals surface area contributed by atoms with E-state index in [4.69, 9.17) is 5.73 Å². The molecule has 2 rings (SSSR count). The molecular formula is C13H23N5. The predicted octanol–water partition coefficient (Wildman–Crippen LogP) is 2.12. The highest BCUT2D eigenvalue weighted by Crippen LogP contribution is 2.25. The van der Waals surface area contributed by atoms with Crippen LogP contribution >= 0.6 is 0 Å². The van der Waals surface area contributed by atoms with E-state index in [1.807, 2.05) is 13.0 Å². The van der Waals surface area contributed by atoms with Crippen LogP contribution in [0.2, 0.25) is 0 Å². The van der Waals surface area contributed by atoms with Crippen LogP contribution < -0.4 is 16.0 Å². The number of rotatable bonds is 4. The van der Waals surface area contributed by atoms with Crippen LogP contribution in [0.15, 0.2) is 6.07 Å². The number of hydrogen-bond donors (Lipinski definition) is 2. The Balaban J connectivity index is 2.16. The second-order valence-electron chi connectivity index (χ2n) is 4.86. The van der Waals surface area contributed by atoms with Crippen LogP contribution in [0.1, 0.15) is 33.1 Å². The molecule has 1 atom stereocenters. The first kappa shape index (κ1) is 12.9. The van der Waals surface area contributed by atoms with E-state index in [0.717, 1.165) is 37.2 Å². The topological polar surface area (TPSA) is 67.1 Å². The Morgan fingerprint density at radius 2 is 2.28 bits per heavy atom. The summed E-state index contributed by atoms with van der Waals surface area (Å²) in [6, 6.07) is 2.00. The number of nitrogens with one attached hydrogen (secondary N) is 1. The molecule has 5 nitrogen and oxygen atoms in total. The molecule has 1 saturated heterocycles. The Morgan fingerprint density at radius 1 is 1.44 bits per heavy atom. The van der Waals surface area contributed by atoms with Crippen molar-refractivity contribution in [3.05, 3.63) is 6.07 Å². The lowest BCUT2D eigenvalue weighted by Crippen LogP contribution is -2.35. The molecule has 100 valence electrons. The van der Waals surface area contributed by atoms with Gasteiger partial charge in [0.15, 0.2) is 0 Å². The van der Waals surface area contributed by atoms with Gasteiger partial charge in [-0.3, -0.25) is 0 Å². The van der Waals surface area contributed by atoms with Gasteiger partial charge >= 0.3 is 0 Å². The monoisotopic (exact) mass is 249 g/mol. The Kier molecular flexibility index (Phi) is 4.23. The molecule has 1 fully saturated rings. The summed E-state index contributed by atoms with van der Waals surface area (Å²) in [6.07, 6.45) is 3.80. The van der Waals surface area contributed by atoms with Gasteiger partial charge in [-0.1, -0.05) is 13.3 Å². The lowest BCUT2D eigenvalue weighted by Gasteiger charge is -2.33.